The summed E-state index contributed by atoms with van der Waals surface area (Å²) in [5, 5.41) is 0. The number of carbonyl (C=O) groups is 1. The van der Waals surface area contributed by atoms with Gasteiger partial charge in [-0.3, -0.25) is 0 Å². The number of hydrogen-bond acceptors (Lipinski definition) is 2. The summed E-state index contributed by atoms with van der Waals surface area (Å²) in [4.78, 5) is 11.5. The molecule has 2 nitrogen and oxygen atoms in total. The van der Waals surface area contributed by atoms with Gasteiger partial charge in [0.2, 0.25) is 0 Å². The molecule has 0 aromatic heterocycles. The highest BCUT2D eigenvalue weighted by Crippen LogP contribution is 2.42. The lowest BCUT2D eigenvalue weighted by Crippen LogP contribution is -2.35. The van der Waals surface area contributed by atoms with Crippen LogP contribution in [0.2, 0.25) is 0 Å². The van der Waals surface area contributed by atoms with E-state index >= 15 is 0 Å². The van der Waals surface area contributed by atoms with E-state index in [1.807, 2.05) is 0 Å². The molecule has 0 aromatic rings. The van der Waals surface area contributed by atoms with Crippen LogP contribution >= 0.6 is 0 Å². The van der Waals surface area contributed by atoms with E-state index in [1.54, 1.807) is 0 Å². The zero-order valence-corrected chi connectivity index (χ0v) is 10.0. The van der Waals surface area contributed by atoms with E-state index < -0.39 is 0 Å². The van der Waals surface area contributed by atoms with Crippen molar-refractivity contribution in [2.75, 3.05) is 0 Å². The van der Waals surface area contributed by atoms with Gasteiger partial charge < -0.3 is 4.74 Å². The highest BCUT2D eigenvalue weighted by atomic mass is 16.6. The zero-order chi connectivity index (χ0) is 11.4. The molecule has 0 saturated heterocycles. The third kappa shape index (κ3) is 2.66. The van der Waals surface area contributed by atoms with E-state index in [0.717, 1.165) is 25.2 Å². The summed E-state index contributed by atoms with van der Waals surface area (Å²) in [5.41, 5.74) is -0.150. The Hall–Kier alpha value is -0.790. The second-order valence-electron chi connectivity index (χ2n) is 5.37. The minimum absolute atomic E-state index is 0.150. The van der Waals surface area contributed by atoms with Gasteiger partial charge in [-0.2, -0.15) is 0 Å². The summed E-state index contributed by atoms with van der Waals surface area (Å²) in [5.74, 6) is 0.546. The second kappa shape index (κ2) is 5.03. The van der Waals surface area contributed by atoms with Crippen LogP contribution in [-0.2, 0) is 9.53 Å². The Balaban J connectivity index is 2.12. The van der Waals surface area contributed by atoms with E-state index in [0.29, 0.717) is 0 Å². The molecule has 2 aliphatic rings. The van der Waals surface area contributed by atoms with Crippen LogP contribution in [-0.4, -0.2) is 11.6 Å². The second-order valence-corrected chi connectivity index (χ2v) is 5.37. The summed E-state index contributed by atoms with van der Waals surface area (Å²) < 4.78 is 5.70. The predicted octanol–water partition coefficient (Wildman–Crippen LogP) is 3.61. The molecule has 0 atom stereocenters. The van der Waals surface area contributed by atoms with E-state index in [-0.39, 0.29) is 11.6 Å². The van der Waals surface area contributed by atoms with Crippen LogP contribution in [0.25, 0.3) is 0 Å². The summed E-state index contributed by atoms with van der Waals surface area (Å²) in [6, 6.07) is 0. The first-order valence-corrected chi connectivity index (χ1v) is 6.59. The van der Waals surface area contributed by atoms with Gasteiger partial charge in [0.15, 0.2) is 0 Å². The average Bonchev–Trinajstić information content (AvgIpc) is 2.60. The maximum absolute atomic E-state index is 11.5. The van der Waals surface area contributed by atoms with Crippen LogP contribution in [0.15, 0.2) is 12.7 Å². The van der Waals surface area contributed by atoms with Crippen molar-refractivity contribution in [3.8, 4) is 0 Å². The zero-order valence-electron chi connectivity index (χ0n) is 10.0. The Bertz CT molecular complexity index is 258. The molecule has 2 bridgehead atoms. The number of rotatable bonds is 2. The van der Waals surface area contributed by atoms with Gasteiger partial charge in [-0.05, 0) is 38.0 Å². The number of fused-ring (bicyclic) bond motifs is 2. The molecule has 0 unspecified atom stereocenters. The standard InChI is InChI=1S/C14H22O2/c1-2-13(15)16-14-9-5-3-7-12(11-14)8-4-6-10-14/h2,12H,1,3-11H2. The number of ether oxygens (including phenoxy) is 1. The predicted molar refractivity (Wildman–Crippen MR) is 64.1 cm³/mol. The molecule has 2 saturated carbocycles. The molecule has 0 spiro atoms. The van der Waals surface area contributed by atoms with Crippen LogP contribution < -0.4 is 0 Å². The monoisotopic (exact) mass is 222 g/mol. The highest BCUT2D eigenvalue weighted by molar-refractivity contribution is 5.81. The molecule has 0 aliphatic heterocycles. The topological polar surface area (TPSA) is 26.3 Å². The van der Waals surface area contributed by atoms with Gasteiger partial charge in [-0.1, -0.05) is 32.3 Å². The smallest absolute Gasteiger partial charge is 0.330 e. The van der Waals surface area contributed by atoms with Gasteiger partial charge in [0, 0.05) is 6.08 Å². The quantitative estimate of drug-likeness (QED) is 0.527. The lowest BCUT2D eigenvalue weighted by atomic mass is 9.87. The number of hydrogen-bond donors (Lipinski definition) is 0. The van der Waals surface area contributed by atoms with Crippen molar-refractivity contribution >= 4 is 5.97 Å². The van der Waals surface area contributed by atoms with Crippen LogP contribution in [0, 0.1) is 5.92 Å². The van der Waals surface area contributed by atoms with Gasteiger partial charge in [-0.25, -0.2) is 4.79 Å². The minimum atomic E-state index is -0.234. The molecule has 2 fully saturated rings. The molecule has 0 radical (unpaired) electrons. The fraction of sp³-hybridized carbons (Fsp3) is 0.786. The Morgan fingerprint density at radius 3 is 2.38 bits per heavy atom. The molecule has 2 heteroatoms. The van der Waals surface area contributed by atoms with Crippen molar-refractivity contribution in [1.82, 2.24) is 0 Å². The fourth-order valence-corrected chi connectivity index (χ4v) is 3.36. The van der Waals surface area contributed by atoms with Crippen molar-refractivity contribution in [3.05, 3.63) is 12.7 Å². The summed E-state index contributed by atoms with van der Waals surface area (Å²) in [7, 11) is 0. The molecule has 0 amide bonds. The molecule has 0 N–H and O–H groups in total. The van der Waals surface area contributed by atoms with E-state index in [4.69, 9.17) is 4.74 Å². The van der Waals surface area contributed by atoms with Crippen molar-refractivity contribution in [3.63, 3.8) is 0 Å². The van der Waals surface area contributed by atoms with E-state index in [9.17, 15) is 4.79 Å². The molecular formula is C14H22O2. The third-order valence-corrected chi connectivity index (χ3v) is 4.13. The Morgan fingerprint density at radius 1 is 1.19 bits per heavy atom. The lowest BCUT2D eigenvalue weighted by molar-refractivity contribution is -0.156. The maximum atomic E-state index is 11.5. The molecule has 0 aromatic carbocycles. The van der Waals surface area contributed by atoms with Crippen LogP contribution in [0.5, 0.6) is 0 Å². The largest absolute Gasteiger partial charge is 0.456 e. The first-order valence-electron chi connectivity index (χ1n) is 6.59. The van der Waals surface area contributed by atoms with E-state index in [2.05, 4.69) is 6.58 Å². The van der Waals surface area contributed by atoms with Gasteiger partial charge in [0.1, 0.15) is 5.60 Å². The maximum Gasteiger partial charge on any atom is 0.330 e. The van der Waals surface area contributed by atoms with Crippen molar-refractivity contribution < 1.29 is 9.53 Å². The SMILES string of the molecule is C=CC(=O)OC12CCCCC(CCCC1)C2. The van der Waals surface area contributed by atoms with Crippen LogP contribution in [0.1, 0.15) is 57.8 Å². The first-order chi connectivity index (χ1) is 7.74. The summed E-state index contributed by atoms with van der Waals surface area (Å²) in [6.45, 7) is 3.50. The molecule has 2 aliphatic carbocycles. The van der Waals surface area contributed by atoms with E-state index in [1.165, 1.54) is 44.6 Å². The Labute approximate surface area is 98.1 Å². The first kappa shape index (κ1) is 11.7. The minimum Gasteiger partial charge on any atom is -0.456 e. The Kier molecular flexibility index (Phi) is 3.67. The lowest BCUT2D eigenvalue weighted by Gasteiger charge is -2.32. The van der Waals surface area contributed by atoms with Gasteiger partial charge in [0.25, 0.3) is 0 Å². The third-order valence-electron chi connectivity index (χ3n) is 4.13. The van der Waals surface area contributed by atoms with Crippen molar-refractivity contribution in [1.29, 1.82) is 0 Å². The van der Waals surface area contributed by atoms with Crippen LogP contribution in [0.4, 0.5) is 0 Å². The summed E-state index contributed by atoms with van der Waals surface area (Å²) in [6.07, 6.45) is 12.2. The average molecular weight is 222 g/mol. The fourth-order valence-electron chi connectivity index (χ4n) is 3.36. The molecule has 0 heterocycles. The van der Waals surface area contributed by atoms with Crippen molar-refractivity contribution in [2.45, 2.75) is 63.4 Å². The highest BCUT2D eigenvalue weighted by Gasteiger charge is 2.38. The number of esters is 1. The van der Waals surface area contributed by atoms with Gasteiger partial charge in [0.05, 0.1) is 0 Å². The molecule has 16 heavy (non-hydrogen) atoms. The Morgan fingerprint density at radius 2 is 1.81 bits per heavy atom. The van der Waals surface area contributed by atoms with Crippen molar-refractivity contribution in [2.24, 2.45) is 5.92 Å². The van der Waals surface area contributed by atoms with Gasteiger partial charge >= 0.3 is 5.97 Å². The molecular weight excluding hydrogens is 200 g/mol. The van der Waals surface area contributed by atoms with Gasteiger partial charge in [-0.15, -0.1) is 0 Å². The van der Waals surface area contributed by atoms with Crippen LogP contribution in [0.3, 0.4) is 0 Å². The molecule has 2 rings (SSSR count). The molecule has 90 valence electrons. The normalized spacial score (nSPS) is 34.6. The number of carbonyl (C=O) groups excluding carboxylic acids is 1. The summed E-state index contributed by atoms with van der Waals surface area (Å²) >= 11 is 0.